The van der Waals surface area contributed by atoms with E-state index in [-0.39, 0.29) is 0 Å². The summed E-state index contributed by atoms with van der Waals surface area (Å²) in [7, 11) is 0. The van der Waals surface area contributed by atoms with Crippen molar-refractivity contribution in [1.29, 1.82) is 0 Å². The van der Waals surface area contributed by atoms with E-state index < -0.39 is 0 Å². The van der Waals surface area contributed by atoms with Gasteiger partial charge in [-0.3, -0.25) is 0 Å². The van der Waals surface area contributed by atoms with Gasteiger partial charge in [0.15, 0.2) is 0 Å². The summed E-state index contributed by atoms with van der Waals surface area (Å²) in [6, 6.07) is 0.831. The zero-order valence-corrected chi connectivity index (χ0v) is 7.19. The summed E-state index contributed by atoms with van der Waals surface area (Å²) in [6.07, 6.45) is 7.12. The predicted octanol–water partition coefficient (Wildman–Crippen LogP) is 2.10. The number of piperidine rings is 1. The highest BCUT2D eigenvalue weighted by Gasteiger charge is 2.33. The molecule has 0 bridgehead atoms. The van der Waals surface area contributed by atoms with Crippen molar-refractivity contribution in [3.63, 3.8) is 0 Å². The van der Waals surface area contributed by atoms with Crippen LogP contribution in [0, 0.1) is 5.92 Å². The molecule has 1 heterocycles. The highest BCUT2D eigenvalue weighted by Crippen LogP contribution is 2.37. The largest absolute Gasteiger partial charge is 0.250 e. The molecule has 0 radical (unpaired) electrons. The third-order valence-corrected chi connectivity index (χ3v) is 3.46. The lowest BCUT2D eigenvalue weighted by Crippen LogP contribution is -2.35. The molecule has 1 saturated carbocycles. The number of hydrogen-bond donors (Lipinski definition) is 1. The van der Waals surface area contributed by atoms with Gasteiger partial charge in [0.2, 0.25) is 0 Å². The standard InChI is InChI=1S/C8H15NS/c10-9-6-2-4-7-3-1-5-8(7)9/h7-8,10H,1-6H2. The van der Waals surface area contributed by atoms with Gasteiger partial charge >= 0.3 is 0 Å². The molecule has 2 fully saturated rings. The van der Waals surface area contributed by atoms with Gasteiger partial charge in [-0.05, 0) is 31.6 Å². The molecule has 1 aliphatic carbocycles. The van der Waals surface area contributed by atoms with Crippen molar-refractivity contribution in [2.75, 3.05) is 6.54 Å². The quantitative estimate of drug-likeness (QED) is 0.527. The van der Waals surface area contributed by atoms with E-state index in [0.717, 1.165) is 12.0 Å². The van der Waals surface area contributed by atoms with Gasteiger partial charge in [-0.2, -0.15) is 0 Å². The van der Waals surface area contributed by atoms with Crippen LogP contribution in [0.15, 0.2) is 0 Å². The highest BCUT2D eigenvalue weighted by molar-refractivity contribution is 7.77. The van der Waals surface area contributed by atoms with Crippen LogP contribution in [-0.2, 0) is 0 Å². The Kier molecular flexibility index (Phi) is 1.92. The van der Waals surface area contributed by atoms with E-state index >= 15 is 0 Å². The van der Waals surface area contributed by atoms with E-state index in [9.17, 15) is 0 Å². The van der Waals surface area contributed by atoms with Crippen LogP contribution < -0.4 is 0 Å². The maximum absolute atomic E-state index is 4.47. The first-order chi connectivity index (χ1) is 4.88. The van der Waals surface area contributed by atoms with E-state index in [1.807, 2.05) is 0 Å². The Balaban J connectivity index is 2.03. The minimum atomic E-state index is 0.831. The SMILES string of the molecule is SN1CCCC2CCCC21. The van der Waals surface area contributed by atoms with Gasteiger partial charge in [0, 0.05) is 12.6 Å². The van der Waals surface area contributed by atoms with Crippen LogP contribution in [0.3, 0.4) is 0 Å². The summed E-state index contributed by atoms with van der Waals surface area (Å²) >= 11 is 4.47. The normalized spacial score (nSPS) is 41.7. The van der Waals surface area contributed by atoms with Crippen LogP contribution in [-0.4, -0.2) is 16.9 Å². The summed E-state index contributed by atoms with van der Waals surface area (Å²) in [4.78, 5) is 0. The van der Waals surface area contributed by atoms with E-state index in [0.29, 0.717) is 0 Å². The molecular weight excluding hydrogens is 142 g/mol. The monoisotopic (exact) mass is 157 g/mol. The van der Waals surface area contributed by atoms with Crippen LogP contribution in [0.25, 0.3) is 0 Å². The lowest BCUT2D eigenvalue weighted by Gasteiger charge is -2.33. The van der Waals surface area contributed by atoms with Gasteiger partial charge < -0.3 is 0 Å². The van der Waals surface area contributed by atoms with E-state index in [2.05, 4.69) is 17.1 Å². The van der Waals surface area contributed by atoms with Crippen molar-refractivity contribution in [2.24, 2.45) is 5.92 Å². The zero-order chi connectivity index (χ0) is 6.97. The van der Waals surface area contributed by atoms with E-state index in [1.165, 1.54) is 38.6 Å². The Morgan fingerprint density at radius 1 is 1.10 bits per heavy atom. The van der Waals surface area contributed by atoms with Gasteiger partial charge in [-0.25, -0.2) is 4.31 Å². The summed E-state index contributed by atoms with van der Waals surface area (Å²) in [5, 5.41) is 0. The maximum atomic E-state index is 4.47. The Labute approximate surface area is 68.3 Å². The van der Waals surface area contributed by atoms with Crippen molar-refractivity contribution in [2.45, 2.75) is 38.1 Å². The van der Waals surface area contributed by atoms with Gasteiger partial charge in [0.05, 0.1) is 0 Å². The second-order valence-corrected chi connectivity index (χ2v) is 4.08. The molecule has 2 unspecified atom stereocenters. The predicted molar refractivity (Wildman–Crippen MR) is 46.1 cm³/mol. The molecule has 0 aromatic carbocycles. The van der Waals surface area contributed by atoms with Crippen molar-refractivity contribution < 1.29 is 0 Å². The summed E-state index contributed by atoms with van der Waals surface area (Å²) in [5.41, 5.74) is 0. The Bertz CT molecular complexity index is 126. The molecule has 2 heteroatoms. The highest BCUT2D eigenvalue weighted by atomic mass is 32.1. The molecule has 58 valence electrons. The molecule has 10 heavy (non-hydrogen) atoms. The molecule has 0 amide bonds. The molecule has 2 rings (SSSR count). The lowest BCUT2D eigenvalue weighted by molar-refractivity contribution is 0.220. The van der Waals surface area contributed by atoms with Gasteiger partial charge in [-0.1, -0.05) is 19.2 Å². The smallest absolute Gasteiger partial charge is 0.0228 e. The molecule has 1 nitrogen and oxygen atoms in total. The molecule has 0 aromatic rings. The summed E-state index contributed by atoms with van der Waals surface area (Å²) in [6.45, 7) is 1.21. The first-order valence-corrected chi connectivity index (χ1v) is 4.73. The fourth-order valence-electron chi connectivity index (χ4n) is 2.43. The number of fused-ring (bicyclic) bond motifs is 1. The maximum Gasteiger partial charge on any atom is 0.0228 e. The molecule has 1 aliphatic heterocycles. The molecule has 0 spiro atoms. The van der Waals surface area contributed by atoms with Crippen LogP contribution >= 0.6 is 12.8 Å². The second-order valence-electron chi connectivity index (χ2n) is 3.56. The van der Waals surface area contributed by atoms with Crippen molar-refractivity contribution in [3.05, 3.63) is 0 Å². The Morgan fingerprint density at radius 2 is 1.90 bits per heavy atom. The van der Waals surface area contributed by atoms with Gasteiger partial charge in [0.25, 0.3) is 0 Å². The molecule has 2 aliphatic rings. The van der Waals surface area contributed by atoms with Crippen molar-refractivity contribution >= 4 is 12.8 Å². The molecule has 0 N–H and O–H groups in total. The third-order valence-electron chi connectivity index (χ3n) is 2.96. The molecule has 2 atom stereocenters. The summed E-state index contributed by atoms with van der Waals surface area (Å²) in [5.74, 6) is 0.992. The second kappa shape index (κ2) is 2.74. The van der Waals surface area contributed by atoms with Gasteiger partial charge in [0.1, 0.15) is 0 Å². The van der Waals surface area contributed by atoms with Crippen LogP contribution in [0.5, 0.6) is 0 Å². The number of thiol groups is 1. The minimum Gasteiger partial charge on any atom is -0.250 e. The zero-order valence-electron chi connectivity index (χ0n) is 6.29. The fraction of sp³-hybridized carbons (Fsp3) is 1.00. The Hall–Kier alpha value is 0.310. The minimum absolute atomic E-state index is 0.831. The molecule has 0 aromatic heterocycles. The average Bonchev–Trinajstić information content (AvgIpc) is 2.36. The van der Waals surface area contributed by atoms with Crippen molar-refractivity contribution in [3.8, 4) is 0 Å². The fourth-order valence-corrected chi connectivity index (χ4v) is 2.87. The number of nitrogens with zero attached hydrogens (tertiary/aromatic N) is 1. The van der Waals surface area contributed by atoms with Crippen molar-refractivity contribution in [1.82, 2.24) is 4.31 Å². The van der Waals surface area contributed by atoms with Crippen LogP contribution in [0.2, 0.25) is 0 Å². The van der Waals surface area contributed by atoms with Crippen LogP contribution in [0.4, 0.5) is 0 Å². The summed E-state index contributed by atoms with van der Waals surface area (Å²) < 4.78 is 2.27. The van der Waals surface area contributed by atoms with Crippen LogP contribution in [0.1, 0.15) is 32.1 Å². The first kappa shape index (κ1) is 6.99. The Morgan fingerprint density at radius 3 is 2.70 bits per heavy atom. The molecular formula is C8H15NS. The average molecular weight is 157 g/mol. The third kappa shape index (κ3) is 1.08. The van der Waals surface area contributed by atoms with Gasteiger partial charge in [-0.15, -0.1) is 0 Å². The van der Waals surface area contributed by atoms with E-state index in [4.69, 9.17) is 0 Å². The lowest BCUT2D eigenvalue weighted by atomic mass is 9.94. The number of rotatable bonds is 0. The topological polar surface area (TPSA) is 3.24 Å². The first-order valence-electron chi connectivity index (χ1n) is 4.33. The number of hydrogen-bond acceptors (Lipinski definition) is 2. The van der Waals surface area contributed by atoms with E-state index in [1.54, 1.807) is 0 Å². The molecule has 1 saturated heterocycles.